The van der Waals surface area contributed by atoms with E-state index in [9.17, 15) is 0 Å². The van der Waals surface area contributed by atoms with Gasteiger partial charge in [-0.2, -0.15) is 0 Å². The zero-order chi connectivity index (χ0) is 15.1. The maximum absolute atomic E-state index is 3.97. The molecule has 0 aromatic carbocycles. The van der Waals surface area contributed by atoms with Crippen molar-refractivity contribution in [2.75, 3.05) is 26.2 Å². The van der Waals surface area contributed by atoms with Crippen molar-refractivity contribution >= 4 is 0 Å². The molecular weight excluding hydrogens is 256 g/mol. The Morgan fingerprint density at radius 1 is 1.14 bits per heavy atom. The first-order chi connectivity index (χ1) is 9.93. The zero-order valence-electron chi connectivity index (χ0n) is 14.8. The average molecular weight is 293 g/mol. The number of nitrogens with one attached hydrogen (secondary N) is 1. The first-order valence-corrected chi connectivity index (χ1v) is 9.39. The van der Waals surface area contributed by atoms with E-state index in [4.69, 9.17) is 0 Å². The normalized spacial score (nSPS) is 40.6. The summed E-state index contributed by atoms with van der Waals surface area (Å²) in [4.78, 5) is 2.68. The summed E-state index contributed by atoms with van der Waals surface area (Å²) in [6.45, 7) is 15.2. The number of hydrogen-bond acceptors (Lipinski definition) is 2. The maximum Gasteiger partial charge on any atom is 0.0129 e. The Kier molecular flexibility index (Phi) is 4.40. The zero-order valence-corrected chi connectivity index (χ0v) is 14.8. The fourth-order valence-corrected chi connectivity index (χ4v) is 5.50. The van der Waals surface area contributed by atoms with Crippen molar-refractivity contribution in [3.8, 4) is 0 Å². The summed E-state index contributed by atoms with van der Waals surface area (Å²) < 4.78 is 0. The summed E-state index contributed by atoms with van der Waals surface area (Å²) in [5.41, 5.74) is 1.07. The van der Waals surface area contributed by atoms with Gasteiger partial charge in [0.25, 0.3) is 0 Å². The van der Waals surface area contributed by atoms with Gasteiger partial charge in [0, 0.05) is 12.6 Å². The van der Waals surface area contributed by atoms with Gasteiger partial charge in [0.05, 0.1) is 0 Å². The largest absolute Gasteiger partial charge is 0.313 e. The van der Waals surface area contributed by atoms with E-state index in [1.165, 1.54) is 64.7 Å². The molecule has 0 radical (unpaired) electrons. The van der Waals surface area contributed by atoms with Crippen LogP contribution < -0.4 is 5.32 Å². The molecular formula is C19H36N2. The van der Waals surface area contributed by atoms with Crippen LogP contribution in [0.3, 0.4) is 0 Å². The third-order valence-corrected chi connectivity index (χ3v) is 7.53. The number of fused-ring (bicyclic) bond motifs is 2. The second kappa shape index (κ2) is 5.85. The van der Waals surface area contributed by atoms with Crippen molar-refractivity contribution in [2.24, 2.45) is 22.7 Å². The van der Waals surface area contributed by atoms with Crippen LogP contribution in [-0.4, -0.2) is 37.1 Å². The van der Waals surface area contributed by atoms with Crippen LogP contribution in [0, 0.1) is 22.7 Å². The summed E-state index contributed by atoms with van der Waals surface area (Å²) in [7, 11) is 0. The lowest BCUT2D eigenvalue weighted by molar-refractivity contribution is 0.116. The molecule has 2 saturated carbocycles. The number of piperidine rings is 1. The number of hydrogen-bond donors (Lipinski definition) is 1. The van der Waals surface area contributed by atoms with Gasteiger partial charge in [-0.15, -0.1) is 0 Å². The van der Waals surface area contributed by atoms with Crippen LogP contribution in [0.15, 0.2) is 0 Å². The second-order valence-electron chi connectivity index (χ2n) is 9.04. The highest BCUT2D eigenvalue weighted by Gasteiger charge is 2.60. The van der Waals surface area contributed by atoms with Crippen molar-refractivity contribution in [3.63, 3.8) is 0 Å². The predicted molar refractivity (Wildman–Crippen MR) is 90.5 cm³/mol. The minimum Gasteiger partial charge on any atom is -0.313 e. The monoisotopic (exact) mass is 292 g/mol. The maximum atomic E-state index is 3.97. The van der Waals surface area contributed by atoms with E-state index < -0.39 is 0 Å². The summed E-state index contributed by atoms with van der Waals surface area (Å²) in [5.74, 6) is 1.74. The minimum absolute atomic E-state index is 0.530. The van der Waals surface area contributed by atoms with Gasteiger partial charge >= 0.3 is 0 Å². The van der Waals surface area contributed by atoms with Crippen molar-refractivity contribution in [2.45, 2.75) is 72.3 Å². The highest BCUT2D eigenvalue weighted by molar-refractivity contribution is 5.12. The standard InChI is InChI=1S/C19H36N2/c1-15(14-21-10-6-5-7-11-21)13-20-17-12-16-8-9-19(17,4)18(16,2)3/h15-17,20H,5-14H2,1-4H3. The van der Waals surface area contributed by atoms with Crippen LogP contribution in [0.25, 0.3) is 0 Å². The molecule has 1 aliphatic heterocycles. The smallest absolute Gasteiger partial charge is 0.0129 e. The highest BCUT2D eigenvalue weighted by atomic mass is 15.1. The van der Waals surface area contributed by atoms with Gasteiger partial charge in [-0.25, -0.2) is 0 Å². The average Bonchev–Trinajstić information content (AvgIpc) is 2.79. The SMILES string of the molecule is CC(CNC1CC2CCC1(C)C2(C)C)CN1CCCCC1. The number of nitrogens with zero attached hydrogens (tertiary/aromatic N) is 1. The molecule has 4 unspecified atom stereocenters. The van der Waals surface area contributed by atoms with E-state index in [0.29, 0.717) is 10.8 Å². The van der Waals surface area contributed by atoms with E-state index in [-0.39, 0.29) is 0 Å². The lowest BCUT2D eigenvalue weighted by atomic mass is 9.69. The third-order valence-electron chi connectivity index (χ3n) is 7.53. The molecule has 2 bridgehead atoms. The van der Waals surface area contributed by atoms with Crippen LogP contribution in [0.2, 0.25) is 0 Å². The fraction of sp³-hybridized carbons (Fsp3) is 1.00. The van der Waals surface area contributed by atoms with Gasteiger partial charge < -0.3 is 10.2 Å². The first-order valence-electron chi connectivity index (χ1n) is 9.39. The second-order valence-corrected chi connectivity index (χ2v) is 9.04. The van der Waals surface area contributed by atoms with E-state index in [1.54, 1.807) is 0 Å². The van der Waals surface area contributed by atoms with Crippen molar-refractivity contribution in [1.82, 2.24) is 10.2 Å². The molecule has 0 aromatic heterocycles. The molecule has 122 valence electrons. The Labute approximate surface area is 132 Å². The Balaban J connectivity index is 1.47. The molecule has 0 aromatic rings. The highest BCUT2D eigenvalue weighted by Crippen LogP contribution is 2.65. The van der Waals surface area contributed by atoms with Gasteiger partial charge in [0.2, 0.25) is 0 Å². The van der Waals surface area contributed by atoms with Crippen molar-refractivity contribution in [1.29, 1.82) is 0 Å². The molecule has 3 aliphatic rings. The summed E-state index contributed by atoms with van der Waals surface area (Å²) in [5, 5.41) is 3.97. The minimum atomic E-state index is 0.530. The molecule has 21 heavy (non-hydrogen) atoms. The Hall–Kier alpha value is -0.0800. The van der Waals surface area contributed by atoms with Crippen LogP contribution in [-0.2, 0) is 0 Å². The lowest BCUT2D eigenvalue weighted by Crippen LogP contribution is -2.47. The lowest BCUT2D eigenvalue weighted by Gasteiger charge is -2.40. The molecule has 2 heteroatoms. The van der Waals surface area contributed by atoms with Gasteiger partial charge in [-0.05, 0) is 74.4 Å². The molecule has 1 saturated heterocycles. The van der Waals surface area contributed by atoms with Gasteiger partial charge in [0.1, 0.15) is 0 Å². The molecule has 2 aliphatic carbocycles. The van der Waals surface area contributed by atoms with Gasteiger partial charge in [-0.1, -0.05) is 34.1 Å². The molecule has 4 atom stereocenters. The fourth-order valence-electron chi connectivity index (χ4n) is 5.50. The molecule has 0 spiro atoms. The first kappa shape index (κ1) is 15.8. The van der Waals surface area contributed by atoms with Crippen molar-refractivity contribution in [3.05, 3.63) is 0 Å². The van der Waals surface area contributed by atoms with Gasteiger partial charge in [-0.3, -0.25) is 0 Å². The topological polar surface area (TPSA) is 15.3 Å². The van der Waals surface area contributed by atoms with E-state index in [1.807, 2.05) is 0 Å². The predicted octanol–water partition coefficient (Wildman–Crippen LogP) is 3.91. The van der Waals surface area contributed by atoms with Crippen LogP contribution in [0.4, 0.5) is 0 Å². The Morgan fingerprint density at radius 2 is 1.86 bits per heavy atom. The van der Waals surface area contributed by atoms with Crippen LogP contribution >= 0.6 is 0 Å². The molecule has 1 N–H and O–H groups in total. The number of rotatable bonds is 5. The van der Waals surface area contributed by atoms with E-state index in [2.05, 4.69) is 37.9 Å². The van der Waals surface area contributed by atoms with Gasteiger partial charge in [0.15, 0.2) is 0 Å². The molecule has 1 heterocycles. The Morgan fingerprint density at radius 3 is 2.43 bits per heavy atom. The number of likely N-dealkylation sites (tertiary alicyclic amines) is 1. The molecule has 3 rings (SSSR count). The molecule has 2 nitrogen and oxygen atoms in total. The van der Waals surface area contributed by atoms with Crippen LogP contribution in [0.1, 0.15) is 66.2 Å². The van der Waals surface area contributed by atoms with E-state index in [0.717, 1.165) is 17.9 Å². The summed E-state index contributed by atoms with van der Waals surface area (Å²) >= 11 is 0. The third kappa shape index (κ3) is 2.79. The summed E-state index contributed by atoms with van der Waals surface area (Å²) in [6, 6.07) is 0.759. The van der Waals surface area contributed by atoms with Crippen molar-refractivity contribution < 1.29 is 0 Å². The van der Waals surface area contributed by atoms with Crippen LogP contribution in [0.5, 0.6) is 0 Å². The van der Waals surface area contributed by atoms with E-state index >= 15 is 0 Å². The molecule has 0 amide bonds. The molecule has 3 fully saturated rings. The quantitative estimate of drug-likeness (QED) is 0.826. The summed E-state index contributed by atoms with van der Waals surface area (Å²) in [6.07, 6.45) is 8.58. The Bertz CT molecular complexity index is 359.